The molecular formula is C54H72ClFN12O6S2. The second-order valence-electron chi connectivity index (χ2n) is 18.9. The molecule has 4 fully saturated rings. The Balaban J connectivity index is 1.07. The van der Waals surface area contributed by atoms with E-state index in [1.165, 1.54) is 12.1 Å². The molecule has 0 saturated carbocycles. The number of nitrogens with zero attached hydrogens (tertiary/aromatic N) is 12. The van der Waals surface area contributed by atoms with Crippen molar-refractivity contribution < 1.29 is 32.8 Å². The first kappa shape index (κ1) is 55.3. The van der Waals surface area contributed by atoms with E-state index in [0.29, 0.717) is 91.3 Å². The Kier molecular flexibility index (Phi) is 19.4. The van der Waals surface area contributed by atoms with Gasteiger partial charge in [-0.1, -0.05) is 23.7 Å². The fourth-order valence-corrected chi connectivity index (χ4v) is 12.3. The van der Waals surface area contributed by atoms with Gasteiger partial charge in [0.1, 0.15) is 33.8 Å². The van der Waals surface area contributed by atoms with Gasteiger partial charge < -0.3 is 38.2 Å². The van der Waals surface area contributed by atoms with Crippen LogP contribution in [-0.2, 0) is 13.1 Å². The average molecular weight is 1100 g/mol. The number of halogens is 2. The zero-order valence-corrected chi connectivity index (χ0v) is 47.1. The Labute approximate surface area is 460 Å². The lowest BCUT2D eigenvalue weighted by Crippen LogP contribution is -2.60. The first-order chi connectivity index (χ1) is 37.2. The molecular weight excluding hydrogens is 1030 g/mol. The maximum Gasteiger partial charge on any atom is 0.322 e. The van der Waals surface area contributed by atoms with Crippen molar-refractivity contribution >= 4 is 58.9 Å². The van der Waals surface area contributed by atoms with Crippen LogP contribution in [0.25, 0.3) is 11.1 Å². The number of ether oxygens (including phenoxy) is 6. The van der Waals surface area contributed by atoms with Crippen molar-refractivity contribution in [2.24, 2.45) is 0 Å². The number of aromatic nitrogens is 6. The van der Waals surface area contributed by atoms with Gasteiger partial charge in [-0.05, 0) is 106 Å². The van der Waals surface area contributed by atoms with E-state index in [1.807, 2.05) is 63.4 Å². The van der Waals surface area contributed by atoms with Crippen LogP contribution in [0.4, 0.5) is 28.2 Å². The van der Waals surface area contributed by atoms with Crippen molar-refractivity contribution in [2.45, 2.75) is 78.6 Å². The van der Waals surface area contributed by atoms with Crippen molar-refractivity contribution in [3.05, 3.63) is 70.5 Å². The molecule has 0 atom stereocenters. The maximum atomic E-state index is 14.1. The average Bonchev–Trinajstić information content (AvgIpc) is 3.46. The highest BCUT2D eigenvalue weighted by Crippen LogP contribution is 2.42. The van der Waals surface area contributed by atoms with Gasteiger partial charge in [-0.25, -0.2) is 14.4 Å². The lowest BCUT2D eigenvalue weighted by atomic mass is 9.99. The van der Waals surface area contributed by atoms with Crippen molar-refractivity contribution in [3.63, 3.8) is 0 Å². The quantitative estimate of drug-likeness (QED) is 0.0607. The number of anilines is 4. The van der Waals surface area contributed by atoms with E-state index in [4.69, 9.17) is 69.9 Å². The molecule has 0 radical (unpaired) electrons. The van der Waals surface area contributed by atoms with Crippen molar-refractivity contribution in [1.29, 1.82) is 0 Å². The minimum atomic E-state index is -0.295. The Morgan fingerprint density at radius 1 is 0.539 bits per heavy atom. The molecule has 410 valence electrons. The molecule has 5 aromatic rings. The molecule has 22 heteroatoms. The van der Waals surface area contributed by atoms with Gasteiger partial charge in [0.25, 0.3) is 11.9 Å². The van der Waals surface area contributed by atoms with Crippen LogP contribution < -0.4 is 48.2 Å². The topological polar surface area (TPSA) is 152 Å². The fourth-order valence-electron chi connectivity index (χ4n) is 10.3. The van der Waals surface area contributed by atoms with Crippen LogP contribution in [0, 0.1) is 5.82 Å². The van der Waals surface area contributed by atoms with E-state index in [2.05, 4.69) is 41.8 Å². The SMILES string of the molecule is CCOc1cc(CN2CCC(N(c3nc(OC)nc(N4CCSCC4)n3)N(c3nc(OC)nc(N4CCSCC4)n3)C3CCN(Cc4cc(OCC)c(-c5ccc(F)cc5)c(OCC)c4)CC3)CC2)cc(OCC)c1Cl. The molecule has 76 heavy (non-hydrogen) atoms. The molecule has 0 bridgehead atoms. The summed E-state index contributed by atoms with van der Waals surface area (Å²) in [5.74, 6) is 8.39. The predicted molar refractivity (Wildman–Crippen MR) is 301 cm³/mol. The highest BCUT2D eigenvalue weighted by Gasteiger charge is 2.40. The van der Waals surface area contributed by atoms with Gasteiger partial charge >= 0.3 is 12.0 Å². The molecule has 2 aromatic heterocycles. The number of likely N-dealkylation sites (tertiary alicyclic amines) is 2. The molecule has 0 aliphatic carbocycles. The van der Waals surface area contributed by atoms with Gasteiger partial charge in [-0.3, -0.25) is 9.80 Å². The summed E-state index contributed by atoms with van der Waals surface area (Å²) in [5, 5.41) is 5.01. The third-order valence-electron chi connectivity index (χ3n) is 13.9. The molecule has 0 N–H and O–H groups in total. The van der Waals surface area contributed by atoms with Crippen molar-refractivity contribution in [2.75, 3.05) is 136 Å². The normalized spacial score (nSPS) is 17.1. The summed E-state index contributed by atoms with van der Waals surface area (Å²) in [6.07, 6.45) is 3.09. The van der Waals surface area contributed by atoms with E-state index in [-0.39, 0.29) is 29.9 Å². The van der Waals surface area contributed by atoms with E-state index < -0.39 is 0 Å². The highest BCUT2D eigenvalue weighted by molar-refractivity contribution is 7.99. The first-order valence-corrected chi connectivity index (χ1v) is 29.4. The van der Waals surface area contributed by atoms with Crippen molar-refractivity contribution in [1.82, 2.24) is 39.7 Å². The minimum Gasteiger partial charge on any atom is -0.493 e. The van der Waals surface area contributed by atoms with Crippen LogP contribution in [0.15, 0.2) is 48.5 Å². The Hall–Kier alpha value is -5.48. The van der Waals surface area contributed by atoms with Gasteiger partial charge in [0, 0.05) is 88.5 Å². The van der Waals surface area contributed by atoms with Crippen LogP contribution in [0.3, 0.4) is 0 Å². The lowest BCUT2D eigenvalue weighted by molar-refractivity contribution is 0.181. The summed E-state index contributed by atoms with van der Waals surface area (Å²) in [4.78, 5) is 40.0. The molecule has 0 amide bonds. The summed E-state index contributed by atoms with van der Waals surface area (Å²) in [7, 11) is 3.22. The summed E-state index contributed by atoms with van der Waals surface area (Å²) in [5.41, 5.74) is 3.78. The number of rotatable bonds is 22. The highest BCUT2D eigenvalue weighted by atomic mass is 35.5. The monoisotopic (exact) mass is 1100 g/mol. The van der Waals surface area contributed by atoms with Crippen molar-refractivity contribution in [3.8, 4) is 46.1 Å². The molecule has 3 aromatic carbocycles. The number of hydrogen-bond donors (Lipinski definition) is 0. The van der Waals surface area contributed by atoms with E-state index >= 15 is 0 Å². The van der Waals surface area contributed by atoms with Gasteiger partial charge in [-0.15, -0.1) is 0 Å². The number of piperidine rings is 2. The van der Waals surface area contributed by atoms with E-state index in [9.17, 15) is 4.39 Å². The lowest BCUT2D eigenvalue weighted by Gasteiger charge is -2.48. The van der Waals surface area contributed by atoms with E-state index in [1.54, 1.807) is 26.4 Å². The van der Waals surface area contributed by atoms with Gasteiger partial charge in [0.05, 0.1) is 58.3 Å². The largest absolute Gasteiger partial charge is 0.493 e. The van der Waals surface area contributed by atoms with Gasteiger partial charge in [-0.2, -0.15) is 53.4 Å². The third kappa shape index (κ3) is 13.4. The Morgan fingerprint density at radius 2 is 0.921 bits per heavy atom. The van der Waals surface area contributed by atoms with Gasteiger partial charge in [0.15, 0.2) is 0 Å². The minimum absolute atomic E-state index is 0.0828. The number of thioether (sulfide) groups is 2. The van der Waals surface area contributed by atoms with Crippen LogP contribution in [0.5, 0.6) is 35.0 Å². The van der Waals surface area contributed by atoms with Crippen LogP contribution in [0.2, 0.25) is 5.02 Å². The first-order valence-electron chi connectivity index (χ1n) is 26.7. The maximum absolute atomic E-state index is 14.1. The summed E-state index contributed by atoms with van der Waals surface area (Å²) in [6, 6.07) is 15.1. The summed E-state index contributed by atoms with van der Waals surface area (Å²) < 4.78 is 50.4. The number of benzene rings is 3. The summed E-state index contributed by atoms with van der Waals surface area (Å²) >= 11 is 10.6. The molecule has 4 aliphatic heterocycles. The second-order valence-corrected chi connectivity index (χ2v) is 21.7. The molecule has 4 aliphatic rings. The second kappa shape index (κ2) is 26.7. The van der Waals surface area contributed by atoms with Crippen LogP contribution in [0.1, 0.15) is 64.5 Å². The Morgan fingerprint density at radius 3 is 1.30 bits per heavy atom. The standard InChI is InChI=1S/C54H72ClFN12O6S2/c1-7-71-43-31-37(32-44(72-8-2)47(43)39-11-13-40(56)14-12-39)35-63-19-15-41(16-20-63)67(51-57-49(59-53(61-51)69-5)65-23-27-75-28-24-65)68(52-58-50(60-54(62-52)70-6)66-25-29-76-30-26-66)42-17-21-64(22-18-42)36-38-33-45(73-9-3)48(55)46(34-38)74-10-4/h11-14,31-34,41-42H,7-10,15-30,35-36H2,1-6H3. The number of hydrogen-bond acceptors (Lipinski definition) is 20. The smallest absolute Gasteiger partial charge is 0.322 e. The van der Waals surface area contributed by atoms with Crippen LogP contribution >= 0.6 is 35.1 Å². The number of hydrazine groups is 1. The van der Waals surface area contributed by atoms with E-state index in [0.717, 1.165) is 123 Å². The zero-order valence-electron chi connectivity index (χ0n) is 44.7. The molecule has 9 rings (SSSR count). The van der Waals surface area contributed by atoms with Gasteiger partial charge in [0.2, 0.25) is 11.9 Å². The molecule has 4 saturated heterocycles. The molecule has 6 heterocycles. The fraction of sp³-hybridized carbons (Fsp3) is 0.556. The zero-order chi connectivity index (χ0) is 53.0. The Bertz CT molecular complexity index is 2620. The number of methoxy groups -OCH3 is 2. The predicted octanol–water partition coefficient (Wildman–Crippen LogP) is 8.79. The third-order valence-corrected chi connectivity index (χ3v) is 16.2. The molecule has 0 unspecified atom stereocenters. The molecule has 0 spiro atoms. The summed E-state index contributed by atoms with van der Waals surface area (Å²) in [6.45, 7) is 17.5. The molecule has 18 nitrogen and oxygen atoms in total. The van der Waals surface area contributed by atoms with Crippen LogP contribution in [-0.4, -0.2) is 168 Å².